The molecule has 0 saturated carbocycles. The normalized spacial score (nSPS) is 13.9. The van der Waals surface area contributed by atoms with Gasteiger partial charge in [0, 0.05) is 5.70 Å². The molecule has 10 heavy (non-hydrogen) atoms. The summed E-state index contributed by atoms with van der Waals surface area (Å²) in [6.07, 6.45) is 6.36. The molecule has 0 unspecified atom stereocenters. The Morgan fingerprint density at radius 2 is 2.10 bits per heavy atom. The van der Waals surface area contributed by atoms with Crippen LogP contribution in [-0.4, -0.2) is 0 Å². The molecular weight excluding hydrogens is 122 g/mol. The molecule has 0 aliphatic rings. The van der Waals surface area contributed by atoms with Crippen LogP contribution in [0.1, 0.15) is 33.6 Å². The average molecular weight is 139 g/mol. The summed E-state index contributed by atoms with van der Waals surface area (Å²) in [5.41, 5.74) is 7.85. The Morgan fingerprint density at radius 1 is 1.50 bits per heavy atom. The molecule has 0 aliphatic heterocycles. The van der Waals surface area contributed by atoms with Crippen LogP contribution >= 0.6 is 0 Å². The van der Waals surface area contributed by atoms with Crippen molar-refractivity contribution in [3.8, 4) is 0 Å². The number of allylic oxidation sites excluding steroid dienone is 4. The van der Waals surface area contributed by atoms with Crippen LogP contribution in [0.2, 0.25) is 0 Å². The third-order valence-corrected chi connectivity index (χ3v) is 1.39. The van der Waals surface area contributed by atoms with Crippen LogP contribution in [0, 0.1) is 0 Å². The second-order valence-corrected chi connectivity index (χ2v) is 2.46. The smallest absolute Gasteiger partial charge is 0.00813 e. The highest BCUT2D eigenvalue weighted by molar-refractivity contribution is 5.22. The summed E-state index contributed by atoms with van der Waals surface area (Å²) in [5, 5.41) is 0. The Balaban J connectivity index is 4.13. The second kappa shape index (κ2) is 5.10. The lowest BCUT2D eigenvalue weighted by atomic mass is 10.1. The van der Waals surface area contributed by atoms with Crippen LogP contribution in [0.5, 0.6) is 0 Å². The van der Waals surface area contributed by atoms with Gasteiger partial charge in [-0.05, 0) is 25.8 Å². The quantitative estimate of drug-likeness (QED) is 0.597. The molecule has 0 heterocycles. The van der Waals surface area contributed by atoms with Crippen LogP contribution in [0.4, 0.5) is 0 Å². The van der Waals surface area contributed by atoms with Crippen molar-refractivity contribution in [1.82, 2.24) is 0 Å². The number of hydrogen-bond donors (Lipinski definition) is 1. The van der Waals surface area contributed by atoms with E-state index >= 15 is 0 Å². The molecule has 0 spiro atoms. The van der Waals surface area contributed by atoms with Crippen molar-refractivity contribution in [2.75, 3.05) is 0 Å². The average Bonchev–Trinajstić information content (AvgIpc) is 1.87. The van der Waals surface area contributed by atoms with Crippen LogP contribution in [-0.2, 0) is 0 Å². The fraction of sp³-hybridized carbons (Fsp3) is 0.556. The predicted molar refractivity (Wildman–Crippen MR) is 46.6 cm³/mol. The minimum Gasteiger partial charge on any atom is -0.402 e. The Bertz CT molecular complexity index is 139. The third-order valence-electron chi connectivity index (χ3n) is 1.39. The molecule has 1 nitrogen and oxygen atoms in total. The maximum absolute atomic E-state index is 5.64. The van der Waals surface area contributed by atoms with Crippen molar-refractivity contribution in [3.05, 3.63) is 23.4 Å². The summed E-state index contributed by atoms with van der Waals surface area (Å²) in [6.45, 7) is 6.12. The van der Waals surface area contributed by atoms with Gasteiger partial charge < -0.3 is 5.73 Å². The monoisotopic (exact) mass is 139 g/mol. The molecule has 0 atom stereocenters. The van der Waals surface area contributed by atoms with E-state index in [0.29, 0.717) is 0 Å². The van der Waals surface area contributed by atoms with Gasteiger partial charge in [0.15, 0.2) is 0 Å². The first kappa shape index (κ1) is 9.28. The van der Waals surface area contributed by atoms with Crippen molar-refractivity contribution in [2.24, 2.45) is 5.73 Å². The van der Waals surface area contributed by atoms with Gasteiger partial charge in [-0.3, -0.25) is 0 Å². The van der Waals surface area contributed by atoms with E-state index in [4.69, 9.17) is 5.73 Å². The zero-order valence-electron chi connectivity index (χ0n) is 7.15. The third kappa shape index (κ3) is 3.33. The van der Waals surface area contributed by atoms with Crippen molar-refractivity contribution in [2.45, 2.75) is 33.6 Å². The molecular formula is C9H17N. The molecule has 0 rings (SSSR count). The molecule has 0 aliphatic carbocycles. The van der Waals surface area contributed by atoms with Gasteiger partial charge in [0.2, 0.25) is 0 Å². The summed E-state index contributed by atoms with van der Waals surface area (Å²) in [5.74, 6) is 0. The molecule has 1 heteroatoms. The van der Waals surface area contributed by atoms with E-state index in [-0.39, 0.29) is 0 Å². The van der Waals surface area contributed by atoms with Gasteiger partial charge in [0.25, 0.3) is 0 Å². The zero-order chi connectivity index (χ0) is 7.98. The lowest BCUT2D eigenvalue weighted by Gasteiger charge is -2.00. The van der Waals surface area contributed by atoms with Gasteiger partial charge >= 0.3 is 0 Å². The number of hydrogen-bond acceptors (Lipinski definition) is 1. The minimum atomic E-state index is 0.944. The predicted octanol–water partition coefficient (Wildman–Crippen LogP) is 2.60. The van der Waals surface area contributed by atoms with E-state index in [9.17, 15) is 0 Å². The minimum absolute atomic E-state index is 0.944. The van der Waals surface area contributed by atoms with E-state index in [0.717, 1.165) is 18.5 Å². The summed E-state index contributed by atoms with van der Waals surface area (Å²) in [4.78, 5) is 0. The summed E-state index contributed by atoms with van der Waals surface area (Å²) in [6, 6.07) is 0. The molecule has 0 saturated heterocycles. The molecule has 0 bridgehead atoms. The molecule has 58 valence electrons. The Kier molecular flexibility index (Phi) is 4.73. The summed E-state index contributed by atoms with van der Waals surface area (Å²) in [7, 11) is 0. The first-order valence-electron chi connectivity index (χ1n) is 3.80. The number of nitrogens with two attached hydrogens (primary N) is 1. The van der Waals surface area contributed by atoms with E-state index in [2.05, 4.69) is 13.0 Å². The van der Waals surface area contributed by atoms with Crippen LogP contribution in [0.15, 0.2) is 23.4 Å². The van der Waals surface area contributed by atoms with Gasteiger partial charge in [0.05, 0.1) is 0 Å². The van der Waals surface area contributed by atoms with E-state index < -0.39 is 0 Å². The highest BCUT2D eigenvalue weighted by Gasteiger charge is 1.91. The van der Waals surface area contributed by atoms with Crippen molar-refractivity contribution in [1.29, 1.82) is 0 Å². The largest absolute Gasteiger partial charge is 0.402 e. The topological polar surface area (TPSA) is 26.0 Å². The van der Waals surface area contributed by atoms with E-state index in [1.807, 2.05) is 19.9 Å². The van der Waals surface area contributed by atoms with Gasteiger partial charge in [-0.15, -0.1) is 0 Å². The molecule has 2 N–H and O–H groups in total. The Morgan fingerprint density at radius 3 is 2.40 bits per heavy atom. The van der Waals surface area contributed by atoms with E-state index in [1.165, 1.54) is 5.57 Å². The molecule has 0 aromatic carbocycles. The number of rotatable bonds is 3. The second-order valence-electron chi connectivity index (χ2n) is 2.46. The zero-order valence-corrected chi connectivity index (χ0v) is 7.15. The SMILES string of the molecule is C/C=C\C(CCC)=C(\C)N. The van der Waals surface area contributed by atoms with Crippen LogP contribution in [0.25, 0.3) is 0 Å². The first-order valence-corrected chi connectivity index (χ1v) is 3.80. The lowest BCUT2D eigenvalue weighted by molar-refractivity contribution is 0.908. The maximum atomic E-state index is 5.64. The Hall–Kier alpha value is -0.720. The van der Waals surface area contributed by atoms with Crippen molar-refractivity contribution >= 4 is 0 Å². The van der Waals surface area contributed by atoms with Crippen LogP contribution < -0.4 is 5.73 Å². The first-order chi connectivity index (χ1) is 4.72. The molecule has 0 fully saturated rings. The lowest BCUT2D eigenvalue weighted by Crippen LogP contribution is -1.95. The highest BCUT2D eigenvalue weighted by atomic mass is 14.6. The highest BCUT2D eigenvalue weighted by Crippen LogP contribution is 2.08. The summed E-state index contributed by atoms with van der Waals surface area (Å²) >= 11 is 0. The van der Waals surface area contributed by atoms with Crippen LogP contribution in [0.3, 0.4) is 0 Å². The van der Waals surface area contributed by atoms with E-state index in [1.54, 1.807) is 0 Å². The van der Waals surface area contributed by atoms with Gasteiger partial charge in [-0.25, -0.2) is 0 Å². The maximum Gasteiger partial charge on any atom is 0.00813 e. The molecule has 0 aromatic heterocycles. The van der Waals surface area contributed by atoms with Gasteiger partial charge in [-0.2, -0.15) is 0 Å². The van der Waals surface area contributed by atoms with Crippen molar-refractivity contribution in [3.63, 3.8) is 0 Å². The molecule has 0 amide bonds. The fourth-order valence-electron chi connectivity index (χ4n) is 0.882. The fourth-order valence-corrected chi connectivity index (χ4v) is 0.882. The standard InChI is InChI=1S/C9H17N/c1-4-6-9(7-5-2)8(3)10/h4,6H,5,7,10H2,1-3H3/b6-4-,9-8+. The molecule has 0 radical (unpaired) electrons. The van der Waals surface area contributed by atoms with Gasteiger partial charge in [-0.1, -0.05) is 25.5 Å². The van der Waals surface area contributed by atoms with Gasteiger partial charge in [0.1, 0.15) is 0 Å². The Labute approximate surface area is 63.6 Å². The molecule has 0 aromatic rings. The van der Waals surface area contributed by atoms with Crippen molar-refractivity contribution < 1.29 is 0 Å². The summed E-state index contributed by atoms with van der Waals surface area (Å²) < 4.78 is 0.